The number of rotatable bonds is 5. The van der Waals surface area contributed by atoms with Crippen molar-refractivity contribution in [3.05, 3.63) is 24.0 Å². The minimum Gasteiger partial charge on any atom is -0.367 e. The highest BCUT2D eigenvalue weighted by atomic mass is 32.2. The smallest absolute Gasteiger partial charge is 0.227 e. The Morgan fingerprint density at radius 3 is 2.55 bits per heavy atom. The van der Waals surface area contributed by atoms with Crippen molar-refractivity contribution in [2.75, 3.05) is 31.9 Å². The minimum absolute atomic E-state index is 0.0529. The Morgan fingerprint density at radius 2 is 2.00 bits per heavy atom. The predicted octanol–water partition coefficient (Wildman–Crippen LogP) is 0.441. The van der Waals surface area contributed by atoms with Crippen LogP contribution in [0, 0.1) is 0 Å². The molecule has 112 valence electrons. The third-order valence-electron chi connectivity index (χ3n) is 3.46. The van der Waals surface area contributed by atoms with Crippen LogP contribution in [0.25, 0.3) is 0 Å². The van der Waals surface area contributed by atoms with Crippen LogP contribution in [0.5, 0.6) is 0 Å². The van der Waals surface area contributed by atoms with Gasteiger partial charge in [-0.1, -0.05) is 6.92 Å². The van der Waals surface area contributed by atoms with E-state index in [2.05, 4.69) is 4.98 Å². The van der Waals surface area contributed by atoms with Crippen LogP contribution in [-0.4, -0.2) is 60.4 Å². The summed E-state index contributed by atoms with van der Waals surface area (Å²) < 4.78 is 25.4. The summed E-state index contributed by atoms with van der Waals surface area (Å²) >= 11 is 0. The molecule has 1 amide bonds. The average Bonchev–Trinajstić information content (AvgIpc) is 2.91. The molecule has 1 aromatic heterocycles. The Bertz CT molecular complexity index is 531. The van der Waals surface area contributed by atoms with Gasteiger partial charge in [-0.05, 0) is 18.1 Å². The van der Waals surface area contributed by atoms with Gasteiger partial charge in [-0.2, -0.15) is 4.31 Å². The lowest BCUT2D eigenvalue weighted by Crippen LogP contribution is -2.51. The second kappa shape index (κ2) is 6.41. The molecule has 6 nitrogen and oxygen atoms in total. The normalized spacial score (nSPS) is 17.4. The molecule has 1 saturated heterocycles. The summed E-state index contributed by atoms with van der Waals surface area (Å²) in [5.74, 6) is 0.238. The maximum absolute atomic E-state index is 12.1. The van der Waals surface area contributed by atoms with Crippen molar-refractivity contribution in [3.63, 3.8) is 0 Å². The number of hydrogen-bond acceptors (Lipinski definition) is 3. The summed E-state index contributed by atoms with van der Waals surface area (Å²) in [6.07, 6.45) is 4.58. The number of nitrogens with zero attached hydrogens (tertiary/aromatic N) is 2. The molecule has 1 aliphatic rings. The number of sulfonamides is 1. The quantitative estimate of drug-likeness (QED) is 0.857. The first-order valence-electron chi connectivity index (χ1n) is 6.90. The van der Waals surface area contributed by atoms with Gasteiger partial charge in [0.1, 0.15) is 0 Å². The van der Waals surface area contributed by atoms with Gasteiger partial charge in [0.2, 0.25) is 15.9 Å². The molecule has 0 aromatic carbocycles. The van der Waals surface area contributed by atoms with Crippen molar-refractivity contribution in [1.29, 1.82) is 0 Å². The molecule has 0 atom stereocenters. The zero-order valence-electron chi connectivity index (χ0n) is 11.7. The van der Waals surface area contributed by atoms with E-state index < -0.39 is 10.0 Å². The standard InChI is InChI=1S/C13H21N3O3S/c1-2-9-20(18,19)16-7-5-15(6-8-16)13(17)10-12-3-4-14-11-12/h3-4,11,14H,2,5-10H2,1H3. The molecule has 0 spiro atoms. The van der Waals surface area contributed by atoms with Gasteiger partial charge in [0.15, 0.2) is 0 Å². The highest BCUT2D eigenvalue weighted by Gasteiger charge is 2.27. The number of hydrogen-bond donors (Lipinski definition) is 1. The molecule has 1 aromatic rings. The van der Waals surface area contributed by atoms with Crippen LogP contribution in [0.15, 0.2) is 18.5 Å². The summed E-state index contributed by atoms with van der Waals surface area (Å²) in [6.45, 7) is 3.62. The second-order valence-electron chi connectivity index (χ2n) is 4.99. The van der Waals surface area contributed by atoms with Gasteiger partial charge in [0.25, 0.3) is 0 Å². The van der Waals surface area contributed by atoms with E-state index in [1.807, 2.05) is 13.0 Å². The van der Waals surface area contributed by atoms with Crippen LogP contribution in [0.1, 0.15) is 18.9 Å². The van der Waals surface area contributed by atoms with E-state index in [1.165, 1.54) is 4.31 Å². The van der Waals surface area contributed by atoms with Crippen LogP contribution in [0.2, 0.25) is 0 Å². The van der Waals surface area contributed by atoms with E-state index in [0.717, 1.165) is 5.56 Å². The topological polar surface area (TPSA) is 73.5 Å². The van der Waals surface area contributed by atoms with E-state index in [4.69, 9.17) is 0 Å². The Balaban J connectivity index is 1.86. The predicted molar refractivity (Wildman–Crippen MR) is 76.7 cm³/mol. The summed E-state index contributed by atoms with van der Waals surface area (Å²) in [4.78, 5) is 16.8. The van der Waals surface area contributed by atoms with Crippen LogP contribution >= 0.6 is 0 Å². The maximum atomic E-state index is 12.1. The van der Waals surface area contributed by atoms with Gasteiger partial charge >= 0.3 is 0 Å². The van der Waals surface area contributed by atoms with E-state index in [-0.39, 0.29) is 11.7 Å². The van der Waals surface area contributed by atoms with E-state index in [1.54, 1.807) is 17.3 Å². The molecular formula is C13H21N3O3S. The van der Waals surface area contributed by atoms with Crippen molar-refractivity contribution in [2.24, 2.45) is 0 Å². The van der Waals surface area contributed by atoms with Crippen molar-refractivity contribution in [1.82, 2.24) is 14.2 Å². The lowest BCUT2D eigenvalue weighted by atomic mass is 10.2. The largest absolute Gasteiger partial charge is 0.367 e. The molecule has 2 rings (SSSR count). The minimum atomic E-state index is -3.14. The van der Waals surface area contributed by atoms with Gasteiger partial charge in [-0.3, -0.25) is 4.79 Å². The maximum Gasteiger partial charge on any atom is 0.227 e. The molecule has 1 N–H and O–H groups in total. The average molecular weight is 299 g/mol. The highest BCUT2D eigenvalue weighted by Crippen LogP contribution is 2.11. The van der Waals surface area contributed by atoms with Gasteiger partial charge in [-0.15, -0.1) is 0 Å². The van der Waals surface area contributed by atoms with Crippen molar-refractivity contribution >= 4 is 15.9 Å². The molecule has 7 heteroatoms. The SMILES string of the molecule is CCCS(=O)(=O)N1CCN(C(=O)Cc2cc[nH]c2)CC1. The molecule has 0 saturated carbocycles. The van der Waals surface area contributed by atoms with Crippen molar-refractivity contribution < 1.29 is 13.2 Å². The molecule has 0 aliphatic carbocycles. The molecule has 0 unspecified atom stereocenters. The Morgan fingerprint density at radius 1 is 1.30 bits per heavy atom. The lowest BCUT2D eigenvalue weighted by Gasteiger charge is -2.34. The first-order chi connectivity index (χ1) is 9.53. The first-order valence-corrected chi connectivity index (χ1v) is 8.51. The van der Waals surface area contributed by atoms with Gasteiger partial charge in [0, 0.05) is 38.6 Å². The van der Waals surface area contributed by atoms with Gasteiger partial charge in [-0.25, -0.2) is 8.42 Å². The number of aromatic amines is 1. The molecular weight excluding hydrogens is 278 g/mol. The molecule has 0 bridgehead atoms. The fraction of sp³-hybridized carbons (Fsp3) is 0.615. The number of aromatic nitrogens is 1. The second-order valence-corrected chi connectivity index (χ2v) is 7.08. The lowest BCUT2D eigenvalue weighted by molar-refractivity contribution is -0.131. The van der Waals surface area contributed by atoms with Crippen LogP contribution in [0.3, 0.4) is 0 Å². The van der Waals surface area contributed by atoms with Gasteiger partial charge < -0.3 is 9.88 Å². The summed E-state index contributed by atoms with van der Waals surface area (Å²) in [5.41, 5.74) is 0.955. The molecule has 1 aliphatic heterocycles. The molecule has 20 heavy (non-hydrogen) atoms. The van der Waals surface area contributed by atoms with Crippen LogP contribution in [-0.2, 0) is 21.2 Å². The monoisotopic (exact) mass is 299 g/mol. The van der Waals surface area contributed by atoms with E-state index >= 15 is 0 Å². The van der Waals surface area contributed by atoms with Crippen LogP contribution in [0.4, 0.5) is 0 Å². The van der Waals surface area contributed by atoms with E-state index in [9.17, 15) is 13.2 Å². The molecule has 2 heterocycles. The number of amides is 1. The van der Waals surface area contributed by atoms with E-state index in [0.29, 0.717) is 39.0 Å². The van der Waals surface area contributed by atoms with Crippen molar-refractivity contribution in [2.45, 2.75) is 19.8 Å². The number of H-pyrrole nitrogens is 1. The fourth-order valence-electron chi connectivity index (χ4n) is 2.36. The highest BCUT2D eigenvalue weighted by molar-refractivity contribution is 7.89. The summed E-state index contributed by atoms with van der Waals surface area (Å²) in [5, 5.41) is 0. The van der Waals surface area contributed by atoms with Crippen LogP contribution < -0.4 is 0 Å². The zero-order chi connectivity index (χ0) is 14.6. The number of piperazine rings is 1. The summed E-state index contributed by atoms with van der Waals surface area (Å²) in [6, 6.07) is 1.87. The number of carbonyl (C=O) groups is 1. The zero-order valence-corrected chi connectivity index (χ0v) is 12.5. The third-order valence-corrected chi connectivity index (χ3v) is 5.54. The number of nitrogens with one attached hydrogen (secondary N) is 1. The first kappa shape index (κ1) is 15.1. The Kier molecular flexibility index (Phi) is 4.82. The molecule has 1 fully saturated rings. The molecule has 0 radical (unpaired) electrons. The van der Waals surface area contributed by atoms with Crippen molar-refractivity contribution in [3.8, 4) is 0 Å². The third kappa shape index (κ3) is 3.61. The number of carbonyl (C=O) groups excluding carboxylic acids is 1. The summed E-state index contributed by atoms with van der Waals surface area (Å²) in [7, 11) is -3.14. The Labute approximate surface area is 119 Å². The Hall–Kier alpha value is -1.34. The fourth-order valence-corrected chi connectivity index (χ4v) is 3.85. The van der Waals surface area contributed by atoms with Gasteiger partial charge in [0.05, 0.1) is 12.2 Å².